The molecule has 3 heterocycles. The van der Waals surface area contributed by atoms with Crippen molar-refractivity contribution in [2.75, 3.05) is 20.3 Å². The van der Waals surface area contributed by atoms with E-state index in [1.165, 1.54) is 16.4 Å². The number of ether oxygens (including phenoxy) is 1. The van der Waals surface area contributed by atoms with Crippen molar-refractivity contribution in [1.82, 2.24) is 24.2 Å². The molecule has 29 heavy (non-hydrogen) atoms. The average molecular weight is 397 g/mol. The Morgan fingerprint density at radius 3 is 2.90 bits per heavy atom. The summed E-state index contributed by atoms with van der Waals surface area (Å²) in [4.78, 5) is 32.7. The maximum absolute atomic E-state index is 13.3. The van der Waals surface area contributed by atoms with Crippen LogP contribution in [0, 0.1) is 0 Å². The van der Waals surface area contributed by atoms with Gasteiger partial charge in [0.05, 0.1) is 37.2 Å². The van der Waals surface area contributed by atoms with Crippen molar-refractivity contribution in [1.29, 1.82) is 0 Å². The molecule has 0 radical (unpaired) electrons. The van der Waals surface area contributed by atoms with Crippen LogP contribution in [0.3, 0.4) is 0 Å². The van der Waals surface area contributed by atoms with E-state index in [1.807, 2.05) is 6.07 Å². The number of benzene rings is 1. The molecule has 0 spiro atoms. The van der Waals surface area contributed by atoms with Crippen LogP contribution in [-0.4, -0.2) is 55.5 Å². The third-order valence-electron chi connectivity index (χ3n) is 5.25. The number of nitrogens with zero attached hydrogens (tertiary/aromatic N) is 5. The van der Waals surface area contributed by atoms with Crippen molar-refractivity contribution < 1.29 is 14.6 Å². The second-order valence-corrected chi connectivity index (χ2v) is 7.05. The summed E-state index contributed by atoms with van der Waals surface area (Å²) in [7, 11) is 3.20. The van der Waals surface area contributed by atoms with Gasteiger partial charge in [0.1, 0.15) is 11.4 Å². The number of fused-ring (bicyclic) bond motifs is 1. The molecule has 9 heteroatoms. The van der Waals surface area contributed by atoms with Gasteiger partial charge in [-0.1, -0.05) is 12.1 Å². The first kappa shape index (κ1) is 19.1. The monoisotopic (exact) mass is 397 g/mol. The Hall–Kier alpha value is -3.20. The number of amides is 1. The van der Waals surface area contributed by atoms with Gasteiger partial charge < -0.3 is 14.7 Å². The van der Waals surface area contributed by atoms with Crippen molar-refractivity contribution in [3.63, 3.8) is 0 Å². The van der Waals surface area contributed by atoms with E-state index in [4.69, 9.17) is 9.72 Å². The summed E-state index contributed by atoms with van der Waals surface area (Å²) in [5, 5.41) is 14.2. The number of aliphatic hydroxyl groups excluding tert-OH is 1. The van der Waals surface area contributed by atoms with Crippen molar-refractivity contribution in [2.24, 2.45) is 7.05 Å². The minimum Gasteiger partial charge on any atom is -0.479 e. The van der Waals surface area contributed by atoms with Gasteiger partial charge in [-0.15, -0.1) is 5.10 Å². The Bertz CT molecular complexity index is 1120. The van der Waals surface area contributed by atoms with Crippen LogP contribution in [0.1, 0.15) is 35.1 Å². The lowest BCUT2D eigenvalue weighted by atomic mass is 10.1. The highest BCUT2D eigenvalue weighted by molar-refractivity contribution is 5.96. The molecule has 0 bridgehead atoms. The smallest absolute Gasteiger partial charge is 0.261 e. The van der Waals surface area contributed by atoms with E-state index in [-0.39, 0.29) is 36.5 Å². The Kier molecular flexibility index (Phi) is 5.06. The van der Waals surface area contributed by atoms with Crippen LogP contribution >= 0.6 is 0 Å². The van der Waals surface area contributed by atoms with Crippen LogP contribution in [0.2, 0.25) is 0 Å². The highest BCUT2D eigenvalue weighted by Crippen LogP contribution is 2.33. The summed E-state index contributed by atoms with van der Waals surface area (Å²) in [6.45, 7) is 0.480. The van der Waals surface area contributed by atoms with Crippen molar-refractivity contribution in [3.05, 3.63) is 52.2 Å². The third-order valence-corrected chi connectivity index (χ3v) is 5.25. The number of carbonyl (C=O) groups excluding carboxylic acids is 1. The van der Waals surface area contributed by atoms with E-state index >= 15 is 0 Å². The molecular formula is C20H23N5O4. The second-order valence-electron chi connectivity index (χ2n) is 7.05. The quantitative estimate of drug-likeness (QED) is 0.692. The standard InChI is InChI=1S/C20H23N5O4/c1-23-12-14(18(22-23)29-2)20(28)24-9-5-8-16(24)17-21-15-7-4-3-6-13(15)19(27)25(17)10-11-26/h3-4,6-7,12,16,26H,5,8-11H2,1-2H3. The summed E-state index contributed by atoms with van der Waals surface area (Å²) in [6.07, 6.45) is 3.11. The molecule has 1 unspecified atom stereocenters. The van der Waals surface area contributed by atoms with Gasteiger partial charge in [-0.25, -0.2) is 4.98 Å². The maximum atomic E-state index is 13.3. The zero-order valence-electron chi connectivity index (χ0n) is 16.4. The molecule has 152 valence electrons. The maximum Gasteiger partial charge on any atom is 0.261 e. The number of hydrogen-bond acceptors (Lipinski definition) is 6. The highest BCUT2D eigenvalue weighted by atomic mass is 16.5. The van der Waals surface area contributed by atoms with Crippen LogP contribution in [0.5, 0.6) is 5.88 Å². The minimum absolute atomic E-state index is 0.126. The Morgan fingerprint density at radius 1 is 1.34 bits per heavy atom. The van der Waals surface area contributed by atoms with E-state index in [2.05, 4.69) is 5.10 Å². The van der Waals surface area contributed by atoms with Crippen LogP contribution in [0.15, 0.2) is 35.3 Å². The molecule has 1 atom stereocenters. The number of aromatic nitrogens is 4. The molecule has 1 fully saturated rings. The number of aliphatic hydroxyl groups is 1. The minimum atomic E-state index is -0.365. The van der Waals surface area contributed by atoms with Crippen LogP contribution in [0.25, 0.3) is 10.9 Å². The predicted octanol–water partition coefficient (Wildman–Crippen LogP) is 1.11. The summed E-state index contributed by atoms with van der Waals surface area (Å²) in [6, 6.07) is 6.76. The van der Waals surface area contributed by atoms with Gasteiger partial charge in [0.25, 0.3) is 11.5 Å². The first-order valence-corrected chi connectivity index (χ1v) is 9.54. The van der Waals surface area contributed by atoms with E-state index in [1.54, 1.807) is 36.3 Å². The number of likely N-dealkylation sites (tertiary alicyclic amines) is 1. The van der Waals surface area contributed by atoms with Gasteiger partial charge in [0.15, 0.2) is 0 Å². The molecule has 3 aromatic rings. The number of para-hydroxylation sites is 1. The molecule has 4 rings (SSSR count). The molecule has 1 aromatic carbocycles. The number of rotatable bonds is 5. The normalized spacial score (nSPS) is 16.5. The Morgan fingerprint density at radius 2 is 2.14 bits per heavy atom. The topological polar surface area (TPSA) is 102 Å². The molecule has 1 aliphatic heterocycles. The Labute approximate surface area is 167 Å². The van der Waals surface area contributed by atoms with Crippen molar-refractivity contribution in [3.8, 4) is 5.88 Å². The molecule has 1 saturated heterocycles. The lowest BCUT2D eigenvalue weighted by Gasteiger charge is -2.26. The van der Waals surface area contributed by atoms with Crippen LogP contribution in [0.4, 0.5) is 0 Å². The van der Waals surface area contributed by atoms with Crippen molar-refractivity contribution in [2.45, 2.75) is 25.4 Å². The van der Waals surface area contributed by atoms with Gasteiger partial charge in [-0.3, -0.25) is 18.8 Å². The average Bonchev–Trinajstić information content (AvgIpc) is 3.36. The first-order valence-electron chi connectivity index (χ1n) is 9.54. The molecule has 2 aromatic heterocycles. The SMILES string of the molecule is COc1nn(C)cc1C(=O)N1CCCC1c1nc2ccccc2c(=O)n1CCO. The predicted molar refractivity (Wildman–Crippen MR) is 106 cm³/mol. The lowest BCUT2D eigenvalue weighted by molar-refractivity contribution is 0.0722. The number of hydrogen-bond donors (Lipinski definition) is 1. The molecule has 0 aliphatic carbocycles. The summed E-state index contributed by atoms with van der Waals surface area (Å²) in [5.74, 6) is 0.550. The lowest BCUT2D eigenvalue weighted by Crippen LogP contribution is -2.36. The van der Waals surface area contributed by atoms with Gasteiger partial charge in [-0.2, -0.15) is 0 Å². The zero-order chi connectivity index (χ0) is 20.5. The fourth-order valence-electron chi connectivity index (χ4n) is 3.95. The molecule has 1 amide bonds. The zero-order valence-corrected chi connectivity index (χ0v) is 16.4. The van der Waals surface area contributed by atoms with Crippen LogP contribution < -0.4 is 10.3 Å². The van der Waals surface area contributed by atoms with E-state index in [0.717, 1.165) is 6.42 Å². The molecule has 1 aliphatic rings. The van der Waals surface area contributed by atoms with Crippen molar-refractivity contribution >= 4 is 16.8 Å². The summed E-state index contributed by atoms with van der Waals surface area (Å²) < 4.78 is 8.26. The third kappa shape index (κ3) is 3.27. The van der Waals surface area contributed by atoms with Crippen LogP contribution in [-0.2, 0) is 13.6 Å². The van der Waals surface area contributed by atoms with Gasteiger partial charge in [0, 0.05) is 19.8 Å². The Balaban J connectivity index is 1.81. The number of methoxy groups -OCH3 is 1. The first-order chi connectivity index (χ1) is 14.0. The van der Waals surface area contributed by atoms with E-state index < -0.39 is 0 Å². The number of carbonyl (C=O) groups is 1. The highest BCUT2D eigenvalue weighted by Gasteiger charge is 2.35. The van der Waals surface area contributed by atoms with Gasteiger partial charge >= 0.3 is 0 Å². The number of aryl methyl sites for hydroxylation is 1. The fourth-order valence-corrected chi connectivity index (χ4v) is 3.95. The fraction of sp³-hybridized carbons (Fsp3) is 0.400. The van der Waals surface area contributed by atoms with Gasteiger partial charge in [-0.05, 0) is 25.0 Å². The molecule has 0 saturated carbocycles. The molecular weight excluding hydrogens is 374 g/mol. The van der Waals surface area contributed by atoms with E-state index in [0.29, 0.717) is 35.3 Å². The molecule has 9 nitrogen and oxygen atoms in total. The summed E-state index contributed by atoms with van der Waals surface area (Å²) >= 11 is 0. The largest absolute Gasteiger partial charge is 0.479 e. The second kappa shape index (κ2) is 7.67. The summed E-state index contributed by atoms with van der Waals surface area (Å²) in [5.41, 5.74) is 0.747. The van der Waals surface area contributed by atoms with Gasteiger partial charge in [0.2, 0.25) is 5.88 Å². The van der Waals surface area contributed by atoms with E-state index in [9.17, 15) is 14.7 Å². The molecule has 1 N–H and O–H groups in total.